The molecule has 1 aromatic rings. The van der Waals surface area contributed by atoms with E-state index in [2.05, 4.69) is 32.8 Å². The van der Waals surface area contributed by atoms with Crippen molar-refractivity contribution in [3.05, 3.63) is 48.0 Å². The molecule has 0 radical (unpaired) electrons. The summed E-state index contributed by atoms with van der Waals surface area (Å²) in [4.78, 5) is 11.3. The zero-order valence-corrected chi connectivity index (χ0v) is 11.5. The largest absolute Gasteiger partial charge is 0.456 e. The summed E-state index contributed by atoms with van der Waals surface area (Å²) >= 11 is 0. The molecule has 0 amide bonds. The maximum absolute atomic E-state index is 11.3. The Morgan fingerprint density at radius 2 is 1.89 bits per heavy atom. The highest BCUT2D eigenvalue weighted by molar-refractivity contribution is 5.86. The quantitative estimate of drug-likeness (QED) is 0.439. The maximum atomic E-state index is 11.3. The van der Waals surface area contributed by atoms with Gasteiger partial charge in [0.15, 0.2) is 0 Å². The molecule has 0 N–H and O–H groups in total. The number of hydrogen-bond donors (Lipinski definition) is 0. The van der Waals surface area contributed by atoms with Gasteiger partial charge in [-0.3, -0.25) is 0 Å². The summed E-state index contributed by atoms with van der Waals surface area (Å²) in [5.41, 5.74) is 1.73. The van der Waals surface area contributed by atoms with Gasteiger partial charge >= 0.3 is 5.97 Å². The summed E-state index contributed by atoms with van der Waals surface area (Å²) in [5, 5.41) is 0. The Hall–Kier alpha value is -1.61. The lowest BCUT2D eigenvalue weighted by Gasteiger charge is -2.29. The Morgan fingerprint density at radius 3 is 2.44 bits per heavy atom. The third-order valence-corrected chi connectivity index (χ3v) is 2.73. The first-order valence-corrected chi connectivity index (χ1v) is 6.09. The molecule has 0 aliphatic heterocycles. The van der Waals surface area contributed by atoms with Crippen molar-refractivity contribution >= 4 is 5.97 Å². The van der Waals surface area contributed by atoms with Crippen LogP contribution in [0.1, 0.15) is 12.5 Å². The molecule has 3 heteroatoms. The van der Waals surface area contributed by atoms with E-state index in [1.165, 1.54) is 5.56 Å². The van der Waals surface area contributed by atoms with Crippen LogP contribution in [-0.2, 0) is 16.1 Å². The summed E-state index contributed by atoms with van der Waals surface area (Å²) < 4.78 is 5.91. The van der Waals surface area contributed by atoms with Crippen LogP contribution in [0.3, 0.4) is 0 Å². The van der Waals surface area contributed by atoms with E-state index in [0.717, 1.165) is 17.6 Å². The fourth-order valence-electron chi connectivity index (χ4n) is 1.67. The normalized spacial score (nSPS) is 11.1. The fourth-order valence-corrected chi connectivity index (χ4v) is 1.67. The third kappa shape index (κ3) is 5.15. The van der Waals surface area contributed by atoms with Crippen molar-refractivity contribution < 1.29 is 14.0 Å². The van der Waals surface area contributed by atoms with Crippen LogP contribution in [-0.4, -0.2) is 37.7 Å². The second-order valence-corrected chi connectivity index (χ2v) is 5.22. The summed E-state index contributed by atoms with van der Waals surface area (Å²) in [6, 6.07) is 10.3. The van der Waals surface area contributed by atoms with Gasteiger partial charge < -0.3 is 9.22 Å². The molecule has 0 unspecified atom stereocenters. The van der Waals surface area contributed by atoms with Gasteiger partial charge in [0.25, 0.3) is 0 Å². The summed E-state index contributed by atoms with van der Waals surface area (Å²) in [6.45, 7) is 7.35. The number of carbonyl (C=O) groups is 1. The lowest BCUT2D eigenvalue weighted by Crippen LogP contribution is -2.41. The highest BCUT2D eigenvalue weighted by Gasteiger charge is 2.16. The van der Waals surface area contributed by atoms with Crippen LogP contribution in [0.4, 0.5) is 0 Å². The molecule has 0 atom stereocenters. The van der Waals surface area contributed by atoms with Gasteiger partial charge in [0, 0.05) is 11.1 Å². The predicted octanol–water partition coefficient (Wildman–Crippen LogP) is 2.38. The molecule has 0 aromatic heterocycles. The molecule has 0 aliphatic carbocycles. The van der Waals surface area contributed by atoms with Gasteiger partial charge in [0.2, 0.25) is 0 Å². The van der Waals surface area contributed by atoms with E-state index >= 15 is 0 Å². The Labute approximate surface area is 109 Å². The molecule has 0 saturated carbocycles. The molecule has 0 fully saturated rings. The Morgan fingerprint density at radius 1 is 1.28 bits per heavy atom. The number of carbonyl (C=O) groups excluding carboxylic acids is 1. The first-order valence-electron chi connectivity index (χ1n) is 6.09. The number of likely N-dealkylation sites (N-methyl/N-ethyl adjacent to an activating group) is 1. The van der Waals surface area contributed by atoms with Gasteiger partial charge in [-0.05, 0) is 6.92 Å². The molecule has 1 aromatic carbocycles. The highest BCUT2D eigenvalue weighted by atomic mass is 16.5. The van der Waals surface area contributed by atoms with E-state index in [4.69, 9.17) is 4.74 Å². The molecule has 0 heterocycles. The summed E-state index contributed by atoms with van der Waals surface area (Å²) in [5.74, 6) is -0.310. The van der Waals surface area contributed by atoms with E-state index < -0.39 is 0 Å². The van der Waals surface area contributed by atoms with Crippen molar-refractivity contribution in [1.82, 2.24) is 0 Å². The lowest BCUT2D eigenvalue weighted by atomic mass is 10.2. The van der Waals surface area contributed by atoms with Gasteiger partial charge in [-0.2, -0.15) is 0 Å². The highest BCUT2D eigenvalue weighted by Crippen LogP contribution is 2.08. The lowest BCUT2D eigenvalue weighted by molar-refractivity contribution is -0.903. The molecule has 0 saturated heterocycles. The first-order chi connectivity index (χ1) is 8.41. The average molecular weight is 248 g/mol. The number of rotatable bonds is 6. The fraction of sp³-hybridized carbons (Fsp3) is 0.400. The monoisotopic (exact) mass is 248 g/mol. The average Bonchev–Trinajstić information content (AvgIpc) is 2.29. The smallest absolute Gasteiger partial charge is 0.333 e. The molecule has 0 bridgehead atoms. The van der Waals surface area contributed by atoms with Crippen molar-refractivity contribution in [1.29, 1.82) is 0 Å². The number of benzene rings is 1. The topological polar surface area (TPSA) is 26.3 Å². The van der Waals surface area contributed by atoms with Crippen molar-refractivity contribution in [2.75, 3.05) is 27.2 Å². The zero-order valence-electron chi connectivity index (χ0n) is 11.5. The van der Waals surface area contributed by atoms with Gasteiger partial charge in [0.1, 0.15) is 19.7 Å². The van der Waals surface area contributed by atoms with Crippen LogP contribution in [0.5, 0.6) is 0 Å². The van der Waals surface area contributed by atoms with Gasteiger partial charge in [-0.15, -0.1) is 0 Å². The standard InChI is InChI=1S/C15H22NO2/c1-13(2)15(17)18-11-10-16(3,4)12-14-8-6-5-7-9-14/h5-9H,1,10-12H2,2-4H3/q+1. The van der Waals surface area contributed by atoms with Crippen LogP contribution < -0.4 is 0 Å². The molecule has 0 spiro atoms. The Kier molecular flexibility index (Phi) is 5.10. The third-order valence-electron chi connectivity index (χ3n) is 2.73. The molecule has 1 rings (SSSR count). The van der Waals surface area contributed by atoms with Gasteiger partial charge in [-0.25, -0.2) is 4.79 Å². The molecule has 0 aliphatic rings. The van der Waals surface area contributed by atoms with E-state index in [0.29, 0.717) is 12.2 Å². The van der Waals surface area contributed by atoms with Crippen LogP contribution in [0, 0.1) is 0 Å². The van der Waals surface area contributed by atoms with Crippen LogP contribution in [0.25, 0.3) is 0 Å². The van der Waals surface area contributed by atoms with Crippen molar-refractivity contribution in [2.45, 2.75) is 13.5 Å². The molecular formula is C15H22NO2+. The predicted molar refractivity (Wildman–Crippen MR) is 72.9 cm³/mol. The molecular weight excluding hydrogens is 226 g/mol. The molecule has 98 valence electrons. The number of quaternary nitrogens is 1. The summed E-state index contributed by atoms with van der Waals surface area (Å²) in [7, 11) is 4.25. The zero-order chi connectivity index (χ0) is 13.6. The SMILES string of the molecule is C=C(C)C(=O)OCC[N+](C)(C)Cc1ccccc1. The number of nitrogens with zero attached hydrogens (tertiary/aromatic N) is 1. The van der Waals surface area contributed by atoms with E-state index in [1.54, 1.807) is 6.92 Å². The first kappa shape index (κ1) is 14.5. The van der Waals surface area contributed by atoms with Gasteiger partial charge in [0.05, 0.1) is 14.1 Å². The van der Waals surface area contributed by atoms with Crippen molar-refractivity contribution in [2.24, 2.45) is 0 Å². The number of esters is 1. The van der Waals surface area contributed by atoms with Crippen molar-refractivity contribution in [3.63, 3.8) is 0 Å². The second-order valence-electron chi connectivity index (χ2n) is 5.22. The Balaban J connectivity index is 2.40. The van der Waals surface area contributed by atoms with E-state index in [-0.39, 0.29) is 5.97 Å². The number of hydrogen-bond acceptors (Lipinski definition) is 2. The minimum absolute atomic E-state index is 0.310. The van der Waals surface area contributed by atoms with Crippen LogP contribution in [0.2, 0.25) is 0 Å². The van der Waals surface area contributed by atoms with Crippen LogP contribution >= 0.6 is 0 Å². The second kappa shape index (κ2) is 6.36. The van der Waals surface area contributed by atoms with Gasteiger partial charge in [-0.1, -0.05) is 36.9 Å². The molecule has 18 heavy (non-hydrogen) atoms. The Bertz CT molecular complexity index is 410. The van der Waals surface area contributed by atoms with E-state index in [9.17, 15) is 4.79 Å². The minimum atomic E-state index is -0.310. The maximum Gasteiger partial charge on any atom is 0.333 e. The summed E-state index contributed by atoms with van der Waals surface area (Å²) in [6.07, 6.45) is 0. The van der Waals surface area contributed by atoms with E-state index in [1.807, 2.05) is 18.2 Å². The number of ether oxygens (including phenoxy) is 1. The molecule has 3 nitrogen and oxygen atoms in total. The van der Waals surface area contributed by atoms with Crippen LogP contribution in [0.15, 0.2) is 42.5 Å². The van der Waals surface area contributed by atoms with Crippen molar-refractivity contribution in [3.8, 4) is 0 Å². The minimum Gasteiger partial charge on any atom is -0.456 e.